The molecule has 1 aromatic rings. The van der Waals surface area contributed by atoms with Crippen LogP contribution in [0.3, 0.4) is 0 Å². The van der Waals surface area contributed by atoms with E-state index in [1.54, 1.807) is 38.1 Å². The molecule has 0 spiro atoms. The van der Waals surface area contributed by atoms with Crippen molar-refractivity contribution in [3.63, 3.8) is 0 Å². The Hall–Kier alpha value is -2.63. The molecule has 6 nitrogen and oxygen atoms in total. The third-order valence-electron chi connectivity index (χ3n) is 3.32. The monoisotopic (exact) mass is 302 g/mol. The Morgan fingerprint density at radius 1 is 1.27 bits per heavy atom. The molecule has 2 rings (SSSR count). The number of hydrogen-bond donors (Lipinski definition) is 2. The van der Waals surface area contributed by atoms with E-state index < -0.39 is 11.9 Å². The standard InChI is InChI=1S/C16H18N2O4/c1-3-22-16(21)14-10(2)17-15(20)12(14)9-13(19)18-11-7-5-4-6-8-11/h4-8,12H,3,9H2,1-2H3,(H,17,20)(H,18,19)/t12-/m0/s1. The Morgan fingerprint density at radius 3 is 2.59 bits per heavy atom. The molecule has 1 aliphatic heterocycles. The summed E-state index contributed by atoms with van der Waals surface area (Å²) in [7, 11) is 0. The number of allylic oxidation sites excluding steroid dienone is 1. The SMILES string of the molecule is CCOC(=O)C1=C(C)NC(=O)[C@H]1CC(=O)Nc1ccccc1. The van der Waals surface area contributed by atoms with E-state index in [4.69, 9.17) is 4.74 Å². The van der Waals surface area contributed by atoms with E-state index in [0.717, 1.165) is 0 Å². The first-order valence-electron chi connectivity index (χ1n) is 7.06. The zero-order chi connectivity index (χ0) is 16.1. The van der Waals surface area contributed by atoms with Gasteiger partial charge in [-0.15, -0.1) is 0 Å². The van der Waals surface area contributed by atoms with Gasteiger partial charge >= 0.3 is 5.97 Å². The fourth-order valence-corrected chi connectivity index (χ4v) is 2.35. The topological polar surface area (TPSA) is 84.5 Å². The fourth-order valence-electron chi connectivity index (χ4n) is 2.35. The Kier molecular flexibility index (Phi) is 4.93. The zero-order valence-electron chi connectivity index (χ0n) is 12.5. The minimum atomic E-state index is -0.817. The Labute approximate surface area is 128 Å². The van der Waals surface area contributed by atoms with Crippen molar-refractivity contribution < 1.29 is 19.1 Å². The van der Waals surface area contributed by atoms with Crippen LogP contribution in [-0.2, 0) is 19.1 Å². The maximum absolute atomic E-state index is 12.1. The number of para-hydroxylation sites is 1. The van der Waals surface area contributed by atoms with Gasteiger partial charge in [0.25, 0.3) is 0 Å². The molecule has 0 aliphatic carbocycles. The van der Waals surface area contributed by atoms with E-state index >= 15 is 0 Å². The normalized spacial score (nSPS) is 17.2. The summed E-state index contributed by atoms with van der Waals surface area (Å²) in [6.07, 6.45) is -0.105. The zero-order valence-corrected chi connectivity index (χ0v) is 12.5. The summed E-state index contributed by atoms with van der Waals surface area (Å²) in [6, 6.07) is 8.93. The second-order valence-electron chi connectivity index (χ2n) is 4.92. The van der Waals surface area contributed by atoms with Crippen LogP contribution in [0.4, 0.5) is 5.69 Å². The number of hydrogen-bond acceptors (Lipinski definition) is 4. The largest absolute Gasteiger partial charge is 0.463 e. The van der Waals surface area contributed by atoms with Crippen molar-refractivity contribution in [1.82, 2.24) is 5.32 Å². The molecule has 1 heterocycles. The van der Waals surface area contributed by atoms with E-state index in [9.17, 15) is 14.4 Å². The molecule has 6 heteroatoms. The molecule has 0 aromatic heterocycles. The number of amides is 2. The first-order chi connectivity index (χ1) is 10.5. The van der Waals surface area contributed by atoms with E-state index in [1.165, 1.54) is 0 Å². The highest BCUT2D eigenvalue weighted by atomic mass is 16.5. The van der Waals surface area contributed by atoms with Gasteiger partial charge in [-0.1, -0.05) is 18.2 Å². The van der Waals surface area contributed by atoms with Crippen molar-refractivity contribution in [1.29, 1.82) is 0 Å². The highest BCUT2D eigenvalue weighted by Gasteiger charge is 2.37. The number of ether oxygens (including phenoxy) is 1. The van der Waals surface area contributed by atoms with Gasteiger partial charge in [0.2, 0.25) is 11.8 Å². The smallest absolute Gasteiger partial charge is 0.336 e. The predicted molar refractivity (Wildman–Crippen MR) is 80.7 cm³/mol. The molecule has 0 radical (unpaired) electrons. The number of carbonyl (C=O) groups is 3. The molecule has 0 fully saturated rings. The van der Waals surface area contributed by atoms with Crippen molar-refractivity contribution in [3.8, 4) is 0 Å². The number of rotatable bonds is 5. The van der Waals surface area contributed by atoms with E-state index in [0.29, 0.717) is 11.4 Å². The molecule has 0 unspecified atom stereocenters. The van der Waals surface area contributed by atoms with E-state index in [2.05, 4.69) is 10.6 Å². The van der Waals surface area contributed by atoms with Gasteiger partial charge in [-0.2, -0.15) is 0 Å². The minimum absolute atomic E-state index is 0.105. The molecular weight excluding hydrogens is 284 g/mol. The molecule has 0 saturated heterocycles. The van der Waals surface area contributed by atoms with Crippen molar-refractivity contribution in [2.45, 2.75) is 20.3 Å². The van der Waals surface area contributed by atoms with Crippen molar-refractivity contribution in [2.24, 2.45) is 5.92 Å². The summed E-state index contributed by atoms with van der Waals surface area (Å²) in [6.45, 7) is 3.53. The molecule has 2 N–H and O–H groups in total. The van der Waals surface area contributed by atoms with Crippen LogP contribution in [-0.4, -0.2) is 24.4 Å². The summed E-state index contributed by atoms with van der Waals surface area (Å²) in [5.74, 6) is -2.06. The van der Waals surface area contributed by atoms with Crippen LogP contribution in [0.15, 0.2) is 41.6 Å². The quantitative estimate of drug-likeness (QED) is 0.809. The van der Waals surface area contributed by atoms with Crippen molar-refractivity contribution in [3.05, 3.63) is 41.6 Å². The number of benzene rings is 1. The average molecular weight is 302 g/mol. The lowest BCUT2D eigenvalue weighted by Crippen LogP contribution is -2.27. The molecule has 22 heavy (non-hydrogen) atoms. The van der Waals surface area contributed by atoms with Gasteiger partial charge < -0.3 is 15.4 Å². The first-order valence-corrected chi connectivity index (χ1v) is 7.06. The average Bonchev–Trinajstić information content (AvgIpc) is 2.74. The lowest BCUT2D eigenvalue weighted by atomic mass is 9.96. The molecule has 116 valence electrons. The van der Waals surface area contributed by atoms with Gasteiger partial charge in [-0.3, -0.25) is 9.59 Å². The molecule has 2 amide bonds. The van der Waals surface area contributed by atoms with Crippen LogP contribution in [0.2, 0.25) is 0 Å². The van der Waals surface area contributed by atoms with Gasteiger partial charge in [-0.25, -0.2) is 4.79 Å². The summed E-state index contributed by atoms with van der Waals surface area (Å²) < 4.78 is 4.95. The van der Waals surface area contributed by atoms with Crippen LogP contribution in [0.25, 0.3) is 0 Å². The summed E-state index contributed by atoms with van der Waals surface area (Å²) in [5, 5.41) is 5.29. The third kappa shape index (κ3) is 3.52. The molecule has 0 saturated carbocycles. The number of nitrogens with one attached hydrogen (secondary N) is 2. The summed E-state index contributed by atoms with van der Waals surface area (Å²) in [4.78, 5) is 36.0. The lowest BCUT2D eigenvalue weighted by Gasteiger charge is -2.12. The minimum Gasteiger partial charge on any atom is -0.463 e. The molecule has 1 aromatic carbocycles. The van der Waals surface area contributed by atoms with Crippen LogP contribution < -0.4 is 10.6 Å². The molecule has 1 atom stereocenters. The number of anilines is 1. The van der Waals surface area contributed by atoms with Crippen molar-refractivity contribution >= 4 is 23.5 Å². The Bertz CT molecular complexity index is 622. The highest BCUT2D eigenvalue weighted by Crippen LogP contribution is 2.26. The van der Waals surface area contributed by atoms with Crippen molar-refractivity contribution in [2.75, 3.05) is 11.9 Å². The first kappa shape index (κ1) is 15.8. The molecule has 0 bridgehead atoms. The van der Waals surface area contributed by atoms with Gasteiger partial charge in [0.05, 0.1) is 18.1 Å². The third-order valence-corrected chi connectivity index (χ3v) is 3.32. The van der Waals surface area contributed by atoms with E-state index in [-0.39, 0.29) is 30.4 Å². The predicted octanol–water partition coefficient (Wildman–Crippen LogP) is 1.60. The fraction of sp³-hybridized carbons (Fsp3) is 0.312. The van der Waals surface area contributed by atoms with Crippen LogP contribution in [0.1, 0.15) is 20.3 Å². The number of esters is 1. The highest BCUT2D eigenvalue weighted by molar-refractivity contribution is 6.05. The van der Waals surface area contributed by atoms with Gasteiger partial charge in [0, 0.05) is 17.8 Å². The van der Waals surface area contributed by atoms with E-state index in [1.807, 2.05) is 6.07 Å². The summed E-state index contributed by atoms with van der Waals surface area (Å²) in [5.41, 5.74) is 1.32. The Balaban J connectivity index is 2.08. The molecular formula is C16H18N2O4. The summed E-state index contributed by atoms with van der Waals surface area (Å²) >= 11 is 0. The van der Waals surface area contributed by atoms with Gasteiger partial charge in [-0.05, 0) is 26.0 Å². The van der Waals surface area contributed by atoms with Crippen LogP contribution in [0.5, 0.6) is 0 Å². The molecule has 1 aliphatic rings. The number of carbonyl (C=O) groups excluding carboxylic acids is 3. The maximum atomic E-state index is 12.1. The second-order valence-corrected chi connectivity index (χ2v) is 4.92. The Morgan fingerprint density at radius 2 is 1.95 bits per heavy atom. The second kappa shape index (κ2) is 6.89. The van der Waals surface area contributed by atoms with Crippen LogP contribution >= 0.6 is 0 Å². The van der Waals surface area contributed by atoms with Crippen LogP contribution in [0, 0.1) is 5.92 Å². The lowest BCUT2D eigenvalue weighted by molar-refractivity contribution is -0.140. The maximum Gasteiger partial charge on any atom is 0.336 e. The van der Waals surface area contributed by atoms with Gasteiger partial charge in [0.1, 0.15) is 0 Å². The van der Waals surface area contributed by atoms with Gasteiger partial charge in [0.15, 0.2) is 0 Å².